The molecule has 6 heteroatoms. The Hall–Kier alpha value is -2.14. The third-order valence-corrected chi connectivity index (χ3v) is 4.57. The summed E-state index contributed by atoms with van der Waals surface area (Å²) in [5.41, 5.74) is 0.977. The number of carbonyl (C=O) groups excluding carboxylic acids is 1. The zero-order valence-electron chi connectivity index (χ0n) is 13.6. The molecular formula is C18H20ClN3O2. The number of halogens is 1. The van der Waals surface area contributed by atoms with Gasteiger partial charge in [0.2, 0.25) is 5.95 Å². The maximum absolute atomic E-state index is 12.5. The molecule has 1 fully saturated rings. The second kappa shape index (κ2) is 7.62. The first-order valence-corrected chi connectivity index (χ1v) is 8.57. The van der Waals surface area contributed by atoms with Crippen molar-refractivity contribution >= 4 is 23.5 Å². The number of hydrogen-bond acceptors (Lipinski definition) is 5. The van der Waals surface area contributed by atoms with Crippen LogP contribution in [0.2, 0.25) is 5.02 Å². The zero-order valence-corrected chi connectivity index (χ0v) is 14.4. The van der Waals surface area contributed by atoms with Crippen LogP contribution in [0.5, 0.6) is 5.75 Å². The first kappa shape index (κ1) is 16.7. The number of hydrogen-bond donors (Lipinski definition) is 0. The van der Waals surface area contributed by atoms with Gasteiger partial charge in [0.15, 0.2) is 0 Å². The van der Waals surface area contributed by atoms with E-state index in [0.29, 0.717) is 23.3 Å². The first-order chi connectivity index (χ1) is 11.7. The summed E-state index contributed by atoms with van der Waals surface area (Å²) in [6.45, 7) is 3.46. The van der Waals surface area contributed by atoms with Gasteiger partial charge >= 0.3 is 5.97 Å². The van der Waals surface area contributed by atoms with Crippen LogP contribution in [0.1, 0.15) is 25.3 Å². The van der Waals surface area contributed by atoms with Gasteiger partial charge in [-0.1, -0.05) is 18.5 Å². The highest BCUT2D eigenvalue weighted by molar-refractivity contribution is 6.31. The van der Waals surface area contributed by atoms with Crippen LogP contribution in [0.15, 0.2) is 36.7 Å². The van der Waals surface area contributed by atoms with Crippen LogP contribution >= 0.6 is 11.6 Å². The molecule has 0 radical (unpaired) electrons. The van der Waals surface area contributed by atoms with Crippen LogP contribution in [0.4, 0.5) is 5.95 Å². The van der Waals surface area contributed by atoms with Crippen LogP contribution in [0.3, 0.4) is 0 Å². The second-order valence-corrected chi connectivity index (χ2v) is 6.27. The highest BCUT2D eigenvalue weighted by atomic mass is 35.5. The third kappa shape index (κ3) is 3.85. The van der Waals surface area contributed by atoms with E-state index in [2.05, 4.69) is 9.97 Å². The second-order valence-electron chi connectivity index (χ2n) is 5.86. The van der Waals surface area contributed by atoms with Gasteiger partial charge in [-0.25, -0.2) is 9.97 Å². The normalized spacial score (nSPS) is 17.6. The molecular weight excluding hydrogens is 326 g/mol. The topological polar surface area (TPSA) is 55.3 Å². The number of anilines is 1. The summed E-state index contributed by atoms with van der Waals surface area (Å²) in [5.74, 6) is 0.826. The SMILES string of the molecule is CCc1cc(OC(=O)[C@@H]2CCCN(c3ncccn3)C2)ccc1Cl. The molecule has 0 N–H and O–H groups in total. The molecule has 1 aromatic carbocycles. The fourth-order valence-corrected chi connectivity index (χ4v) is 3.14. The molecule has 2 heterocycles. The Bertz CT molecular complexity index is 709. The molecule has 1 aliphatic rings. The van der Waals surface area contributed by atoms with Crippen molar-refractivity contribution in [2.75, 3.05) is 18.0 Å². The highest BCUT2D eigenvalue weighted by Gasteiger charge is 2.28. The number of aromatic nitrogens is 2. The Morgan fingerprint density at radius 2 is 2.17 bits per heavy atom. The minimum absolute atomic E-state index is 0.177. The molecule has 0 bridgehead atoms. The van der Waals surface area contributed by atoms with E-state index in [-0.39, 0.29) is 11.9 Å². The molecule has 1 atom stereocenters. The van der Waals surface area contributed by atoms with Gasteiger partial charge in [0.05, 0.1) is 5.92 Å². The van der Waals surface area contributed by atoms with Crippen molar-refractivity contribution in [3.05, 3.63) is 47.2 Å². The van der Waals surface area contributed by atoms with Crippen molar-refractivity contribution in [3.63, 3.8) is 0 Å². The summed E-state index contributed by atoms with van der Waals surface area (Å²) < 4.78 is 5.57. The number of piperidine rings is 1. The molecule has 0 amide bonds. The Morgan fingerprint density at radius 3 is 2.92 bits per heavy atom. The minimum Gasteiger partial charge on any atom is -0.426 e. The summed E-state index contributed by atoms with van der Waals surface area (Å²) in [6, 6.07) is 7.13. The number of carbonyl (C=O) groups is 1. The molecule has 0 aliphatic carbocycles. The minimum atomic E-state index is -0.208. The fraction of sp³-hybridized carbons (Fsp3) is 0.389. The Morgan fingerprint density at radius 1 is 1.38 bits per heavy atom. The van der Waals surface area contributed by atoms with Crippen LogP contribution in [-0.4, -0.2) is 29.0 Å². The van der Waals surface area contributed by atoms with E-state index in [1.54, 1.807) is 30.6 Å². The van der Waals surface area contributed by atoms with E-state index in [0.717, 1.165) is 31.4 Å². The number of aryl methyl sites for hydroxylation is 1. The number of rotatable bonds is 4. The zero-order chi connectivity index (χ0) is 16.9. The van der Waals surface area contributed by atoms with Gasteiger partial charge in [-0.15, -0.1) is 0 Å². The molecule has 126 valence electrons. The first-order valence-electron chi connectivity index (χ1n) is 8.19. The van der Waals surface area contributed by atoms with E-state index >= 15 is 0 Å². The average molecular weight is 346 g/mol. The molecule has 0 saturated carbocycles. The van der Waals surface area contributed by atoms with E-state index in [4.69, 9.17) is 16.3 Å². The van der Waals surface area contributed by atoms with Crippen molar-refractivity contribution in [1.82, 2.24) is 9.97 Å². The van der Waals surface area contributed by atoms with E-state index in [9.17, 15) is 4.79 Å². The molecule has 0 unspecified atom stereocenters. The number of esters is 1. The number of nitrogens with zero attached hydrogens (tertiary/aromatic N) is 3. The summed E-state index contributed by atoms with van der Waals surface area (Å²) in [6.07, 6.45) is 5.95. The third-order valence-electron chi connectivity index (χ3n) is 4.21. The van der Waals surface area contributed by atoms with E-state index < -0.39 is 0 Å². The van der Waals surface area contributed by atoms with Gasteiger partial charge in [0.25, 0.3) is 0 Å². The predicted molar refractivity (Wildman–Crippen MR) is 93.4 cm³/mol. The lowest BCUT2D eigenvalue weighted by molar-refractivity contribution is -0.139. The lowest BCUT2D eigenvalue weighted by Gasteiger charge is -2.31. The van der Waals surface area contributed by atoms with Gasteiger partial charge in [-0.05, 0) is 49.1 Å². The highest BCUT2D eigenvalue weighted by Crippen LogP contribution is 2.25. The largest absolute Gasteiger partial charge is 0.426 e. The van der Waals surface area contributed by atoms with Crippen LogP contribution in [0.25, 0.3) is 0 Å². The summed E-state index contributed by atoms with van der Waals surface area (Å²) in [7, 11) is 0. The maximum Gasteiger partial charge on any atom is 0.316 e. The van der Waals surface area contributed by atoms with Crippen molar-refractivity contribution in [1.29, 1.82) is 0 Å². The summed E-state index contributed by atoms with van der Waals surface area (Å²) >= 11 is 6.11. The van der Waals surface area contributed by atoms with Crippen LogP contribution < -0.4 is 9.64 Å². The number of benzene rings is 1. The van der Waals surface area contributed by atoms with Crippen molar-refractivity contribution in [2.45, 2.75) is 26.2 Å². The Labute approximate surface area is 146 Å². The van der Waals surface area contributed by atoms with Gasteiger partial charge in [-0.2, -0.15) is 0 Å². The van der Waals surface area contributed by atoms with Gasteiger partial charge < -0.3 is 9.64 Å². The van der Waals surface area contributed by atoms with E-state index in [1.807, 2.05) is 17.9 Å². The van der Waals surface area contributed by atoms with E-state index in [1.165, 1.54) is 0 Å². The summed E-state index contributed by atoms with van der Waals surface area (Å²) in [4.78, 5) is 23.1. The average Bonchev–Trinajstić information content (AvgIpc) is 2.64. The quantitative estimate of drug-likeness (QED) is 0.627. The maximum atomic E-state index is 12.5. The predicted octanol–water partition coefficient (Wildman–Crippen LogP) is 3.51. The van der Waals surface area contributed by atoms with Gasteiger partial charge in [0.1, 0.15) is 5.75 Å². The van der Waals surface area contributed by atoms with Crippen LogP contribution in [-0.2, 0) is 11.2 Å². The molecule has 3 rings (SSSR count). The molecule has 1 saturated heterocycles. The molecule has 0 spiro atoms. The van der Waals surface area contributed by atoms with Crippen molar-refractivity contribution < 1.29 is 9.53 Å². The fourth-order valence-electron chi connectivity index (χ4n) is 2.89. The Balaban J connectivity index is 1.66. The molecule has 1 aromatic heterocycles. The standard InChI is InChI=1S/C18H20ClN3O2/c1-2-13-11-15(6-7-16(13)19)24-17(23)14-5-3-10-22(12-14)18-20-8-4-9-21-18/h4,6-9,11,14H,2-3,5,10,12H2,1H3/t14-/m1/s1. The van der Waals surface area contributed by atoms with Crippen molar-refractivity contribution in [2.24, 2.45) is 5.92 Å². The smallest absolute Gasteiger partial charge is 0.316 e. The molecule has 1 aliphatic heterocycles. The Kier molecular flexibility index (Phi) is 5.30. The van der Waals surface area contributed by atoms with Gasteiger partial charge in [0, 0.05) is 30.5 Å². The van der Waals surface area contributed by atoms with Crippen molar-refractivity contribution in [3.8, 4) is 5.75 Å². The lowest BCUT2D eigenvalue weighted by Crippen LogP contribution is -2.41. The van der Waals surface area contributed by atoms with Gasteiger partial charge in [-0.3, -0.25) is 4.79 Å². The lowest BCUT2D eigenvalue weighted by atomic mass is 9.98. The number of ether oxygens (including phenoxy) is 1. The molecule has 24 heavy (non-hydrogen) atoms. The molecule has 5 nitrogen and oxygen atoms in total. The monoisotopic (exact) mass is 345 g/mol. The summed E-state index contributed by atoms with van der Waals surface area (Å²) in [5, 5.41) is 0.697. The van der Waals surface area contributed by atoms with Crippen LogP contribution in [0, 0.1) is 5.92 Å². The molecule has 2 aromatic rings.